The molecule has 0 aliphatic heterocycles. The largest absolute Gasteiger partial charge is 0.249 e. The molecule has 2 heteroatoms. The number of pyridine rings is 1. The number of aromatic nitrogens is 1. The molecule has 1 aromatic rings. The van der Waals surface area contributed by atoms with Gasteiger partial charge in [0.15, 0.2) is 0 Å². The molecule has 0 radical (unpaired) electrons. The van der Waals surface area contributed by atoms with Crippen molar-refractivity contribution >= 4 is 15.9 Å². The molecule has 0 aliphatic carbocycles. The van der Waals surface area contributed by atoms with Gasteiger partial charge in [0.05, 0.1) is 0 Å². The minimum atomic E-state index is 0.578. The summed E-state index contributed by atoms with van der Waals surface area (Å²) in [5.74, 6) is 0.578. The third-order valence-electron chi connectivity index (χ3n) is 1.81. The van der Waals surface area contributed by atoms with E-state index in [1.807, 2.05) is 6.20 Å². The van der Waals surface area contributed by atoms with E-state index in [1.165, 1.54) is 11.1 Å². The summed E-state index contributed by atoms with van der Waals surface area (Å²) >= 11 is 3.40. The van der Waals surface area contributed by atoms with E-state index >= 15 is 0 Å². The van der Waals surface area contributed by atoms with Crippen molar-refractivity contribution in [2.45, 2.75) is 26.7 Å². The molecule has 0 atom stereocenters. The highest BCUT2D eigenvalue weighted by molar-refractivity contribution is 9.10. The fourth-order valence-electron chi connectivity index (χ4n) is 1.15. The van der Waals surface area contributed by atoms with E-state index in [4.69, 9.17) is 0 Å². The Morgan fingerprint density at radius 2 is 2.09 bits per heavy atom. The molecule has 0 fully saturated rings. The van der Waals surface area contributed by atoms with Crippen LogP contribution in [0.3, 0.4) is 0 Å². The van der Waals surface area contributed by atoms with E-state index in [2.05, 4.69) is 47.8 Å². The van der Waals surface area contributed by atoms with Crippen molar-refractivity contribution in [1.29, 1.82) is 0 Å². The zero-order valence-electron chi connectivity index (χ0n) is 7.06. The van der Waals surface area contributed by atoms with Crippen LogP contribution in [0, 0.1) is 6.92 Å². The van der Waals surface area contributed by atoms with Gasteiger partial charge in [-0.25, -0.2) is 4.98 Å². The Morgan fingerprint density at radius 3 is 2.55 bits per heavy atom. The van der Waals surface area contributed by atoms with Crippen molar-refractivity contribution in [3.8, 4) is 0 Å². The lowest BCUT2D eigenvalue weighted by Crippen LogP contribution is -1.93. The first-order valence-corrected chi connectivity index (χ1v) is 4.53. The average Bonchev–Trinajstić information content (AvgIpc) is 1.94. The fourth-order valence-corrected chi connectivity index (χ4v) is 1.50. The highest BCUT2D eigenvalue weighted by atomic mass is 79.9. The van der Waals surface area contributed by atoms with Crippen LogP contribution in [0.1, 0.15) is 30.9 Å². The first kappa shape index (κ1) is 8.72. The summed E-state index contributed by atoms with van der Waals surface area (Å²) in [5, 5.41) is 0. The van der Waals surface area contributed by atoms with Crippen molar-refractivity contribution in [1.82, 2.24) is 4.98 Å². The summed E-state index contributed by atoms with van der Waals surface area (Å²) in [6.45, 7) is 6.47. The van der Waals surface area contributed by atoms with Gasteiger partial charge >= 0.3 is 0 Å². The molecule has 0 amide bonds. The maximum atomic E-state index is 4.14. The highest BCUT2D eigenvalue weighted by Crippen LogP contribution is 2.22. The van der Waals surface area contributed by atoms with Gasteiger partial charge in [0.1, 0.15) is 4.60 Å². The van der Waals surface area contributed by atoms with Crippen LogP contribution in [-0.2, 0) is 0 Å². The fraction of sp³-hybridized carbons (Fsp3) is 0.444. The monoisotopic (exact) mass is 213 g/mol. The highest BCUT2D eigenvalue weighted by Gasteiger charge is 2.05. The molecule has 1 heterocycles. The molecule has 0 bridgehead atoms. The van der Waals surface area contributed by atoms with Crippen molar-refractivity contribution in [2.75, 3.05) is 0 Å². The van der Waals surface area contributed by atoms with Crippen molar-refractivity contribution in [3.05, 3.63) is 28.0 Å². The molecule has 0 saturated heterocycles. The van der Waals surface area contributed by atoms with Gasteiger partial charge in [-0.05, 0) is 46.0 Å². The van der Waals surface area contributed by atoms with Crippen LogP contribution in [0.15, 0.2) is 16.9 Å². The molecule has 0 aliphatic rings. The van der Waals surface area contributed by atoms with E-state index in [0.29, 0.717) is 5.92 Å². The van der Waals surface area contributed by atoms with E-state index in [1.54, 1.807) is 0 Å². The summed E-state index contributed by atoms with van der Waals surface area (Å²) in [6.07, 6.45) is 1.84. The van der Waals surface area contributed by atoms with Gasteiger partial charge in [-0.15, -0.1) is 0 Å². The molecule has 1 aromatic heterocycles. The molecular formula is C9H12BrN. The summed E-state index contributed by atoms with van der Waals surface area (Å²) in [7, 11) is 0. The van der Waals surface area contributed by atoms with E-state index < -0.39 is 0 Å². The van der Waals surface area contributed by atoms with Gasteiger partial charge in [-0.3, -0.25) is 0 Å². The third kappa shape index (κ3) is 1.80. The standard InChI is InChI=1S/C9H12BrN/c1-6(2)8-4-5-11-9(10)7(8)3/h4-6H,1-3H3. The smallest absolute Gasteiger partial charge is 0.109 e. The minimum Gasteiger partial charge on any atom is -0.249 e. The van der Waals surface area contributed by atoms with Gasteiger partial charge in [-0.1, -0.05) is 13.8 Å². The Hall–Kier alpha value is -0.370. The molecule has 11 heavy (non-hydrogen) atoms. The molecule has 0 aromatic carbocycles. The molecular weight excluding hydrogens is 202 g/mol. The molecule has 1 nitrogen and oxygen atoms in total. The second kappa shape index (κ2) is 3.35. The van der Waals surface area contributed by atoms with Crippen LogP contribution < -0.4 is 0 Å². The van der Waals surface area contributed by atoms with Gasteiger partial charge in [-0.2, -0.15) is 0 Å². The zero-order valence-corrected chi connectivity index (χ0v) is 8.64. The molecule has 0 saturated carbocycles. The number of nitrogens with zero attached hydrogens (tertiary/aromatic N) is 1. The molecule has 60 valence electrons. The van der Waals surface area contributed by atoms with Crippen molar-refractivity contribution < 1.29 is 0 Å². The molecule has 0 N–H and O–H groups in total. The van der Waals surface area contributed by atoms with E-state index in [-0.39, 0.29) is 0 Å². The lowest BCUT2D eigenvalue weighted by Gasteiger charge is -2.09. The first-order valence-electron chi connectivity index (χ1n) is 3.74. The summed E-state index contributed by atoms with van der Waals surface area (Å²) in [6, 6.07) is 2.07. The number of rotatable bonds is 1. The van der Waals surface area contributed by atoms with Crippen molar-refractivity contribution in [2.24, 2.45) is 0 Å². The predicted molar refractivity (Wildman–Crippen MR) is 50.8 cm³/mol. The normalized spacial score (nSPS) is 10.6. The quantitative estimate of drug-likeness (QED) is 0.653. The lowest BCUT2D eigenvalue weighted by atomic mass is 10.0. The average molecular weight is 214 g/mol. The number of hydrogen-bond acceptors (Lipinski definition) is 1. The SMILES string of the molecule is Cc1c(C(C)C)ccnc1Br. The van der Waals surface area contributed by atoms with E-state index in [9.17, 15) is 0 Å². The van der Waals surface area contributed by atoms with Gasteiger partial charge < -0.3 is 0 Å². The Morgan fingerprint density at radius 1 is 1.45 bits per heavy atom. The maximum Gasteiger partial charge on any atom is 0.109 e. The Labute approximate surface area is 76.0 Å². The molecule has 0 unspecified atom stereocenters. The molecule has 0 spiro atoms. The summed E-state index contributed by atoms with van der Waals surface area (Å²) in [5.41, 5.74) is 2.62. The van der Waals surface area contributed by atoms with Crippen LogP contribution >= 0.6 is 15.9 Å². The Kier molecular flexibility index (Phi) is 2.66. The van der Waals surface area contributed by atoms with E-state index in [0.717, 1.165) is 4.60 Å². The van der Waals surface area contributed by atoms with Crippen molar-refractivity contribution in [3.63, 3.8) is 0 Å². The van der Waals surface area contributed by atoms with Crippen LogP contribution in [0.2, 0.25) is 0 Å². The maximum absolute atomic E-state index is 4.14. The van der Waals surface area contributed by atoms with Gasteiger partial charge in [0, 0.05) is 6.20 Å². The van der Waals surface area contributed by atoms with Crippen LogP contribution in [-0.4, -0.2) is 4.98 Å². The van der Waals surface area contributed by atoms with Gasteiger partial charge in [0.25, 0.3) is 0 Å². The zero-order chi connectivity index (χ0) is 8.43. The second-order valence-electron chi connectivity index (χ2n) is 2.97. The number of hydrogen-bond donors (Lipinski definition) is 0. The number of halogens is 1. The lowest BCUT2D eigenvalue weighted by molar-refractivity contribution is 0.849. The Balaban J connectivity index is 3.17. The van der Waals surface area contributed by atoms with Gasteiger partial charge in [0.2, 0.25) is 0 Å². The van der Waals surface area contributed by atoms with Crippen LogP contribution in [0.25, 0.3) is 0 Å². The van der Waals surface area contributed by atoms with Crippen LogP contribution in [0.4, 0.5) is 0 Å². The topological polar surface area (TPSA) is 12.9 Å². The first-order chi connectivity index (χ1) is 5.13. The molecule has 1 rings (SSSR count). The third-order valence-corrected chi connectivity index (χ3v) is 2.61. The second-order valence-corrected chi connectivity index (χ2v) is 3.72. The summed E-state index contributed by atoms with van der Waals surface area (Å²) < 4.78 is 0.962. The summed E-state index contributed by atoms with van der Waals surface area (Å²) in [4.78, 5) is 4.14. The Bertz CT molecular complexity index is 256. The predicted octanol–water partition coefficient (Wildman–Crippen LogP) is 3.28. The minimum absolute atomic E-state index is 0.578. The van der Waals surface area contributed by atoms with Crippen LogP contribution in [0.5, 0.6) is 0 Å².